The predicted molar refractivity (Wildman–Crippen MR) is 94.5 cm³/mol. The Bertz CT molecular complexity index is 662. The summed E-state index contributed by atoms with van der Waals surface area (Å²) in [6.45, 7) is 2.06. The van der Waals surface area contributed by atoms with Crippen molar-refractivity contribution in [2.75, 3.05) is 7.18 Å². The highest BCUT2D eigenvalue weighted by Crippen LogP contribution is 2.47. The second-order valence-electron chi connectivity index (χ2n) is 7.02. The molecule has 1 aliphatic carbocycles. The van der Waals surface area contributed by atoms with Crippen LogP contribution in [0.1, 0.15) is 56.1 Å². The highest BCUT2D eigenvalue weighted by atomic mass is 19.4. The predicted octanol–water partition coefficient (Wildman–Crippen LogP) is 6.63. The van der Waals surface area contributed by atoms with Crippen LogP contribution in [-0.4, -0.2) is 37.3 Å². The minimum atomic E-state index is -6.56. The molecular formula is C20H24F8O2. The summed E-state index contributed by atoms with van der Waals surface area (Å²) in [6.07, 6.45) is -4.59. The van der Waals surface area contributed by atoms with E-state index in [4.69, 9.17) is 0 Å². The lowest BCUT2D eigenvalue weighted by Gasteiger charge is -2.31. The van der Waals surface area contributed by atoms with E-state index in [1.165, 1.54) is 5.56 Å². The van der Waals surface area contributed by atoms with E-state index in [0.717, 1.165) is 18.4 Å². The molecule has 30 heavy (non-hydrogen) atoms. The fourth-order valence-electron chi connectivity index (χ4n) is 3.29. The van der Waals surface area contributed by atoms with Crippen LogP contribution in [0.5, 0.6) is 0 Å². The summed E-state index contributed by atoms with van der Waals surface area (Å²) in [6, 6.07) is 7.90. The zero-order chi connectivity index (χ0) is 23.2. The van der Waals surface area contributed by atoms with E-state index in [9.17, 15) is 39.9 Å². The van der Waals surface area contributed by atoms with Crippen LogP contribution in [0.4, 0.5) is 35.1 Å². The molecule has 0 saturated heterocycles. The third-order valence-corrected chi connectivity index (χ3v) is 4.94. The summed E-state index contributed by atoms with van der Waals surface area (Å²) >= 11 is 0. The van der Waals surface area contributed by atoms with Gasteiger partial charge in [0, 0.05) is 0 Å². The van der Waals surface area contributed by atoms with Crippen molar-refractivity contribution in [1.82, 2.24) is 0 Å². The molecular weight excluding hydrogens is 424 g/mol. The first-order valence-electron chi connectivity index (χ1n) is 9.40. The largest absolute Gasteiger partial charge is 0.460 e. The normalized spacial score (nSPS) is 20.2. The fourth-order valence-corrected chi connectivity index (χ4v) is 3.29. The van der Waals surface area contributed by atoms with E-state index < -0.39 is 30.1 Å². The Morgan fingerprint density at radius 2 is 1.43 bits per heavy atom. The van der Waals surface area contributed by atoms with E-state index in [-0.39, 0.29) is 18.8 Å². The number of hydrogen-bond donors (Lipinski definition) is 0. The third-order valence-electron chi connectivity index (χ3n) is 4.94. The molecule has 2 rings (SSSR count). The van der Waals surface area contributed by atoms with E-state index in [2.05, 4.69) is 11.7 Å². The first-order chi connectivity index (χ1) is 13.9. The average molecular weight is 448 g/mol. The second kappa shape index (κ2) is 10.4. The van der Waals surface area contributed by atoms with Gasteiger partial charge in [-0.3, -0.25) is 4.39 Å². The van der Waals surface area contributed by atoms with Gasteiger partial charge in [0.05, 0.1) is 7.18 Å². The average Bonchev–Trinajstić information content (AvgIpc) is 2.70. The quantitative estimate of drug-likeness (QED) is 0.361. The van der Waals surface area contributed by atoms with Gasteiger partial charge in [-0.1, -0.05) is 37.6 Å². The molecule has 1 fully saturated rings. The van der Waals surface area contributed by atoms with E-state index in [1.54, 1.807) is 0 Å². The van der Waals surface area contributed by atoms with Gasteiger partial charge in [0.25, 0.3) is 0 Å². The molecule has 0 aromatic heterocycles. The van der Waals surface area contributed by atoms with Crippen LogP contribution in [0.25, 0.3) is 0 Å². The summed E-state index contributed by atoms with van der Waals surface area (Å²) < 4.78 is 103. The highest BCUT2D eigenvalue weighted by Gasteiger charge is 2.77. The first-order valence-corrected chi connectivity index (χ1v) is 9.40. The zero-order valence-electron chi connectivity index (χ0n) is 16.5. The summed E-state index contributed by atoms with van der Waals surface area (Å²) in [5.74, 6) is -15.2. The number of carbonyl (C=O) groups excluding carboxylic acids is 1. The Labute approximate surface area is 169 Å². The van der Waals surface area contributed by atoms with E-state index >= 15 is 0 Å². The van der Waals surface area contributed by atoms with Crippen LogP contribution >= 0.6 is 0 Å². The SMILES string of the molecule is CCCc1ccc(C2CCC(OC(=O)C(F)(F)C(F)(F)C(F)(F)F)CC2)cc1.CF. The molecule has 0 aliphatic heterocycles. The van der Waals surface area contributed by atoms with Crippen molar-refractivity contribution in [1.29, 1.82) is 0 Å². The molecule has 0 heterocycles. The lowest BCUT2D eigenvalue weighted by Crippen LogP contribution is -2.57. The molecule has 0 bridgehead atoms. The Hall–Kier alpha value is -1.87. The Morgan fingerprint density at radius 3 is 1.87 bits per heavy atom. The standard InChI is InChI=1S/C19H21F7O2.CH3F/c1-2-3-12-4-6-13(7-5-12)14-8-10-15(11-9-14)28-16(27)17(20,21)18(22,23)19(24,25)26;1-2/h4-7,14-15H,2-3,8-11H2,1H3;1H3. The van der Waals surface area contributed by atoms with Crippen LogP contribution in [0.3, 0.4) is 0 Å². The second-order valence-corrected chi connectivity index (χ2v) is 7.02. The maximum absolute atomic E-state index is 13.3. The first kappa shape index (κ1) is 26.2. The third kappa shape index (κ3) is 5.85. The van der Waals surface area contributed by atoms with Crippen LogP contribution in [0, 0.1) is 0 Å². The van der Waals surface area contributed by atoms with Crippen molar-refractivity contribution >= 4 is 5.97 Å². The number of carbonyl (C=O) groups is 1. The number of aryl methyl sites for hydroxylation is 1. The number of rotatable bonds is 6. The van der Waals surface area contributed by atoms with Crippen LogP contribution in [0.2, 0.25) is 0 Å². The van der Waals surface area contributed by atoms with Crippen molar-refractivity contribution in [3.63, 3.8) is 0 Å². The molecule has 0 N–H and O–H groups in total. The lowest BCUT2D eigenvalue weighted by molar-refractivity contribution is -0.349. The smallest absolute Gasteiger partial charge is 0.458 e. The van der Waals surface area contributed by atoms with Gasteiger partial charge in [-0.05, 0) is 49.1 Å². The van der Waals surface area contributed by atoms with E-state index in [0.29, 0.717) is 20.0 Å². The van der Waals surface area contributed by atoms with Crippen molar-refractivity contribution in [3.8, 4) is 0 Å². The molecule has 10 heteroatoms. The van der Waals surface area contributed by atoms with Crippen molar-refractivity contribution < 1.29 is 44.7 Å². The molecule has 1 aromatic carbocycles. The number of hydrogen-bond acceptors (Lipinski definition) is 2. The van der Waals surface area contributed by atoms with Crippen molar-refractivity contribution in [3.05, 3.63) is 35.4 Å². The summed E-state index contributed by atoms with van der Waals surface area (Å²) in [7, 11) is 0.500. The molecule has 1 aromatic rings. The number of ether oxygens (including phenoxy) is 1. The van der Waals surface area contributed by atoms with Crippen molar-refractivity contribution in [2.24, 2.45) is 0 Å². The summed E-state index contributed by atoms with van der Waals surface area (Å²) in [5, 5.41) is 0. The fraction of sp³-hybridized carbons (Fsp3) is 0.650. The van der Waals surface area contributed by atoms with Crippen LogP contribution < -0.4 is 0 Å². The molecule has 172 valence electrons. The van der Waals surface area contributed by atoms with Crippen LogP contribution in [-0.2, 0) is 16.0 Å². The Balaban J connectivity index is 0.00000218. The maximum atomic E-state index is 13.3. The molecule has 1 saturated carbocycles. The molecule has 2 nitrogen and oxygen atoms in total. The number of alkyl halides is 8. The zero-order valence-corrected chi connectivity index (χ0v) is 16.5. The molecule has 0 unspecified atom stereocenters. The number of benzene rings is 1. The van der Waals surface area contributed by atoms with Gasteiger partial charge in [-0.2, -0.15) is 30.7 Å². The van der Waals surface area contributed by atoms with Gasteiger partial charge < -0.3 is 4.74 Å². The number of esters is 1. The van der Waals surface area contributed by atoms with Gasteiger partial charge in [0.15, 0.2) is 0 Å². The van der Waals surface area contributed by atoms with E-state index in [1.807, 2.05) is 24.3 Å². The summed E-state index contributed by atoms with van der Waals surface area (Å²) in [5.41, 5.74) is 2.21. The van der Waals surface area contributed by atoms with Gasteiger partial charge in [0.1, 0.15) is 6.10 Å². The van der Waals surface area contributed by atoms with Crippen LogP contribution in [0.15, 0.2) is 24.3 Å². The Kier molecular flexibility index (Phi) is 9.10. The Morgan fingerprint density at radius 1 is 0.933 bits per heavy atom. The molecule has 0 spiro atoms. The van der Waals surface area contributed by atoms with Gasteiger partial charge in [0.2, 0.25) is 0 Å². The highest BCUT2D eigenvalue weighted by molar-refractivity contribution is 5.79. The number of halogens is 8. The lowest BCUT2D eigenvalue weighted by atomic mass is 9.82. The monoisotopic (exact) mass is 448 g/mol. The minimum Gasteiger partial charge on any atom is -0.458 e. The van der Waals surface area contributed by atoms with Crippen molar-refractivity contribution in [2.45, 2.75) is 75.5 Å². The maximum Gasteiger partial charge on any atom is 0.460 e. The topological polar surface area (TPSA) is 26.3 Å². The van der Waals surface area contributed by atoms with Gasteiger partial charge >= 0.3 is 24.0 Å². The molecule has 0 amide bonds. The summed E-state index contributed by atoms with van der Waals surface area (Å²) in [4.78, 5) is 11.3. The minimum absolute atomic E-state index is 0.0859. The molecule has 1 aliphatic rings. The molecule has 0 radical (unpaired) electrons. The van der Waals surface area contributed by atoms with Gasteiger partial charge in [-0.15, -0.1) is 0 Å². The molecule has 0 atom stereocenters. The van der Waals surface area contributed by atoms with Gasteiger partial charge in [-0.25, -0.2) is 4.79 Å².